The predicted molar refractivity (Wildman–Crippen MR) is 109 cm³/mol. The Hall–Kier alpha value is -2.77. The number of carbonyl (C=O) groups excluding carboxylic acids is 1. The van der Waals surface area contributed by atoms with Crippen molar-refractivity contribution in [2.24, 2.45) is 0 Å². The molecule has 148 valence electrons. The van der Waals surface area contributed by atoms with Gasteiger partial charge in [0.15, 0.2) is 5.13 Å². The second kappa shape index (κ2) is 8.95. The van der Waals surface area contributed by atoms with Gasteiger partial charge in [-0.1, -0.05) is 11.3 Å². The molecule has 2 aromatic heterocycles. The van der Waals surface area contributed by atoms with Crippen molar-refractivity contribution in [3.63, 3.8) is 0 Å². The molecule has 1 saturated heterocycles. The largest absolute Gasteiger partial charge is 0.354 e. The molecule has 0 saturated carbocycles. The van der Waals surface area contributed by atoms with Crippen molar-refractivity contribution in [3.05, 3.63) is 23.0 Å². The molecular weight excluding hydrogens is 376 g/mol. The van der Waals surface area contributed by atoms with Crippen LogP contribution in [0.5, 0.6) is 0 Å². The summed E-state index contributed by atoms with van der Waals surface area (Å²) in [4.78, 5) is 29.8. The van der Waals surface area contributed by atoms with E-state index in [0.717, 1.165) is 37.6 Å². The molecule has 2 aromatic rings. The number of thiazole rings is 1. The third-order valence-corrected chi connectivity index (χ3v) is 5.20. The van der Waals surface area contributed by atoms with Crippen LogP contribution in [0.1, 0.15) is 24.3 Å². The standard InChI is InChI=1S/C18H24N8OS/c1-12(2)23-15(27)10-25-4-6-26(7-5-25)17-13(3)16(21-11-22-17)24-18-20-9-14(8-19)28-18/h9,11-12H,4-7,10H2,1-3H3,(H,23,27)(H,20,21,22,24). The maximum Gasteiger partial charge on any atom is 0.234 e. The van der Waals surface area contributed by atoms with Gasteiger partial charge in [0.05, 0.1) is 12.7 Å². The molecule has 1 aliphatic rings. The van der Waals surface area contributed by atoms with Crippen molar-refractivity contribution in [1.82, 2.24) is 25.2 Å². The van der Waals surface area contributed by atoms with Gasteiger partial charge in [-0.2, -0.15) is 5.26 Å². The van der Waals surface area contributed by atoms with Gasteiger partial charge in [-0.3, -0.25) is 9.69 Å². The predicted octanol–water partition coefficient (Wildman–Crippen LogP) is 1.50. The highest BCUT2D eigenvalue weighted by atomic mass is 32.1. The summed E-state index contributed by atoms with van der Waals surface area (Å²) in [5.41, 5.74) is 0.933. The summed E-state index contributed by atoms with van der Waals surface area (Å²) in [5, 5.41) is 15.7. The van der Waals surface area contributed by atoms with E-state index in [9.17, 15) is 4.79 Å². The molecule has 9 nitrogen and oxygen atoms in total. The SMILES string of the molecule is Cc1c(Nc2ncc(C#N)s2)ncnc1N1CCN(CC(=O)NC(C)C)CC1. The maximum atomic E-state index is 11.9. The molecule has 1 amide bonds. The molecule has 0 aliphatic carbocycles. The molecule has 0 aromatic carbocycles. The van der Waals surface area contributed by atoms with Crippen molar-refractivity contribution >= 4 is 34.0 Å². The normalized spacial score (nSPS) is 14.8. The van der Waals surface area contributed by atoms with E-state index in [1.54, 1.807) is 6.20 Å². The lowest BCUT2D eigenvalue weighted by Crippen LogP contribution is -2.50. The number of rotatable bonds is 6. The number of hydrogen-bond acceptors (Lipinski definition) is 9. The third kappa shape index (κ3) is 4.94. The summed E-state index contributed by atoms with van der Waals surface area (Å²) in [5.74, 6) is 1.62. The highest BCUT2D eigenvalue weighted by Crippen LogP contribution is 2.27. The highest BCUT2D eigenvalue weighted by Gasteiger charge is 2.22. The zero-order chi connectivity index (χ0) is 20.1. The van der Waals surface area contributed by atoms with Gasteiger partial charge >= 0.3 is 0 Å². The molecule has 0 atom stereocenters. The molecule has 0 radical (unpaired) electrons. The highest BCUT2D eigenvalue weighted by molar-refractivity contribution is 7.16. The van der Waals surface area contributed by atoms with Crippen LogP contribution in [-0.2, 0) is 4.79 Å². The van der Waals surface area contributed by atoms with Crippen molar-refractivity contribution < 1.29 is 4.79 Å². The van der Waals surface area contributed by atoms with E-state index >= 15 is 0 Å². The zero-order valence-electron chi connectivity index (χ0n) is 16.3. The Morgan fingerprint density at radius 1 is 1.29 bits per heavy atom. The quantitative estimate of drug-likeness (QED) is 0.751. The van der Waals surface area contributed by atoms with Crippen LogP contribution in [0.15, 0.2) is 12.5 Å². The van der Waals surface area contributed by atoms with Crippen LogP contribution >= 0.6 is 11.3 Å². The second-order valence-electron chi connectivity index (χ2n) is 6.92. The van der Waals surface area contributed by atoms with Gasteiger partial charge in [-0.25, -0.2) is 15.0 Å². The molecule has 0 unspecified atom stereocenters. The van der Waals surface area contributed by atoms with Gasteiger partial charge < -0.3 is 15.5 Å². The van der Waals surface area contributed by atoms with Gasteiger partial charge in [0, 0.05) is 37.8 Å². The first kappa shape index (κ1) is 20.0. The average molecular weight is 401 g/mol. The Morgan fingerprint density at radius 2 is 2.04 bits per heavy atom. The maximum absolute atomic E-state index is 11.9. The lowest BCUT2D eigenvalue weighted by molar-refractivity contribution is -0.122. The van der Waals surface area contributed by atoms with Crippen LogP contribution in [0.3, 0.4) is 0 Å². The molecule has 0 bridgehead atoms. The number of nitrogens with one attached hydrogen (secondary N) is 2. The number of piperazine rings is 1. The Balaban J connectivity index is 1.62. The minimum atomic E-state index is 0.0633. The first-order valence-corrected chi connectivity index (χ1v) is 9.99. The fourth-order valence-electron chi connectivity index (χ4n) is 3.06. The number of carbonyl (C=O) groups is 1. The Kier molecular flexibility index (Phi) is 6.38. The van der Waals surface area contributed by atoms with E-state index in [-0.39, 0.29) is 11.9 Å². The smallest absolute Gasteiger partial charge is 0.234 e. The van der Waals surface area contributed by atoms with Crippen LogP contribution in [-0.4, -0.2) is 64.5 Å². The fourth-order valence-corrected chi connectivity index (χ4v) is 3.67. The fraction of sp³-hybridized carbons (Fsp3) is 0.500. The van der Waals surface area contributed by atoms with E-state index < -0.39 is 0 Å². The van der Waals surface area contributed by atoms with Crippen LogP contribution in [0, 0.1) is 18.3 Å². The summed E-state index contributed by atoms with van der Waals surface area (Å²) < 4.78 is 0. The average Bonchev–Trinajstić information content (AvgIpc) is 3.11. The van der Waals surface area contributed by atoms with E-state index in [0.29, 0.717) is 22.4 Å². The number of aromatic nitrogens is 3. The van der Waals surface area contributed by atoms with E-state index in [2.05, 4.69) is 41.5 Å². The van der Waals surface area contributed by atoms with Gasteiger partial charge in [-0.05, 0) is 20.8 Å². The number of anilines is 3. The number of amides is 1. The molecule has 1 aliphatic heterocycles. The topological polar surface area (TPSA) is 110 Å². The van der Waals surface area contributed by atoms with Crippen LogP contribution in [0.25, 0.3) is 0 Å². The summed E-state index contributed by atoms with van der Waals surface area (Å²) in [7, 11) is 0. The second-order valence-corrected chi connectivity index (χ2v) is 7.95. The van der Waals surface area contributed by atoms with Gasteiger partial charge in [-0.15, -0.1) is 0 Å². The van der Waals surface area contributed by atoms with Crippen LogP contribution < -0.4 is 15.5 Å². The molecule has 3 rings (SSSR count). The number of nitrogens with zero attached hydrogens (tertiary/aromatic N) is 6. The van der Waals surface area contributed by atoms with Crippen LogP contribution in [0.2, 0.25) is 0 Å². The molecule has 2 N–H and O–H groups in total. The number of hydrogen-bond donors (Lipinski definition) is 2. The van der Waals surface area contributed by atoms with Crippen molar-refractivity contribution in [2.75, 3.05) is 42.9 Å². The van der Waals surface area contributed by atoms with E-state index in [1.807, 2.05) is 20.8 Å². The first-order valence-electron chi connectivity index (χ1n) is 9.17. The Labute approximate surface area is 168 Å². The lowest BCUT2D eigenvalue weighted by atomic mass is 10.2. The summed E-state index contributed by atoms with van der Waals surface area (Å²) in [6, 6.07) is 2.24. The summed E-state index contributed by atoms with van der Waals surface area (Å²) in [6.07, 6.45) is 3.07. The van der Waals surface area contributed by atoms with Crippen molar-refractivity contribution in [2.45, 2.75) is 26.8 Å². The van der Waals surface area contributed by atoms with E-state index in [4.69, 9.17) is 5.26 Å². The molecule has 10 heteroatoms. The van der Waals surface area contributed by atoms with E-state index in [1.165, 1.54) is 17.7 Å². The summed E-state index contributed by atoms with van der Waals surface area (Å²) in [6.45, 7) is 9.51. The minimum absolute atomic E-state index is 0.0633. The molecule has 0 spiro atoms. The number of nitriles is 1. The molecule has 1 fully saturated rings. The molecular formula is C18H24N8OS. The van der Waals surface area contributed by atoms with Crippen LogP contribution in [0.4, 0.5) is 16.8 Å². The Morgan fingerprint density at radius 3 is 2.68 bits per heavy atom. The zero-order valence-corrected chi connectivity index (χ0v) is 17.1. The first-order chi connectivity index (χ1) is 13.5. The molecule has 3 heterocycles. The minimum Gasteiger partial charge on any atom is -0.354 e. The summed E-state index contributed by atoms with van der Waals surface area (Å²) >= 11 is 1.29. The monoisotopic (exact) mass is 400 g/mol. The third-order valence-electron chi connectivity index (χ3n) is 4.39. The van der Waals surface area contributed by atoms with Gasteiger partial charge in [0.2, 0.25) is 5.91 Å². The Bertz CT molecular complexity index is 867. The van der Waals surface area contributed by atoms with Crippen molar-refractivity contribution in [3.8, 4) is 6.07 Å². The van der Waals surface area contributed by atoms with Crippen molar-refractivity contribution in [1.29, 1.82) is 5.26 Å². The molecule has 28 heavy (non-hydrogen) atoms. The lowest BCUT2D eigenvalue weighted by Gasteiger charge is -2.35. The van der Waals surface area contributed by atoms with Gasteiger partial charge in [0.25, 0.3) is 0 Å². The van der Waals surface area contributed by atoms with Gasteiger partial charge in [0.1, 0.15) is 28.9 Å².